The highest BCUT2D eigenvalue weighted by atomic mass is 35.5. The summed E-state index contributed by atoms with van der Waals surface area (Å²) in [6.45, 7) is 5.01. The Hall–Kier alpha value is -2.81. The van der Waals surface area contributed by atoms with Crippen molar-refractivity contribution >= 4 is 34.4 Å². The molecule has 1 aliphatic heterocycles. The van der Waals surface area contributed by atoms with Gasteiger partial charge in [0.25, 0.3) is 0 Å². The van der Waals surface area contributed by atoms with Crippen LogP contribution < -0.4 is 10.2 Å². The first kappa shape index (κ1) is 23.4. The predicted molar refractivity (Wildman–Crippen MR) is 121 cm³/mol. The Balaban J connectivity index is 1.40. The number of aromatic amines is 1. The van der Waals surface area contributed by atoms with Gasteiger partial charge in [-0.05, 0) is 37.0 Å². The third-order valence-electron chi connectivity index (χ3n) is 5.98. The Morgan fingerprint density at radius 1 is 1.24 bits per heavy atom. The highest BCUT2D eigenvalue weighted by molar-refractivity contribution is 6.33. The van der Waals surface area contributed by atoms with Crippen LogP contribution in [0.4, 0.5) is 19.0 Å². The Labute approximate surface area is 194 Å². The van der Waals surface area contributed by atoms with Crippen LogP contribution in [0.15, 0.2) is 36.5 Å². The number of carbonyl (C=O) groups is 1. The van der Waals surface area contributed by atoms with Crippen molar-refractivity contribution in [3.05, 3.63) is 52.9 Å². The summed E-state index contributed by atoms with van der Waals surface area (Å²) in [6, 6.07) is 8.35. The lowest BCUT2D eigenvalue weighted by atomic mass is 9.94. The van der Waals surface area contributed by atoms with Gasteiger partial charge in [-0.1, -0.05) is 37.6 Å². The second kappa shape index (κ2) is 9.21. The molecule has 0 aliphatic carbocycles. The van der Waals surface area contributed by atoms with E-state index in [-0.39, 0.29) is 28.8 Å². The van der Waals surface area contributed by atoms with E-state index in [1.165, 1.54) is 0 Å². The second-order valence-electron chi connectivity index (χ2n) is 8.66. The summed E-state index contributed by atoms with van der Waals surface area (Å²) in [5, 5.41) is 3.09. The minimum atomic E-state index is -4.49. The van der Waals surface area contributed by atoms with Crippen LogP contribution in [0.1, 0.15) is 44.1 Å². The van der Waals surface area contributed by atoms with Crippen LogP contribution in [-0.2, 0) is 11.0 Å². The van der Waals surface area contributed by atoms with Crippen LogP contribution in [0.2, 0.25) is 5.02 Å². The molecule has 2 N–H and O–H groups in total. The number of pyridine rings is 1. The fourth-order valence-corrected chi connectivity index (χ4v) is 4.40. The van der Waals surface area contributed by atoms with Crippen molar-refractivity contribution in [2.75, 3.05) is 18.0 Å². The number of carbonyl (C=O) groups excluding carboxylic acids is 1. The standard InChI is InChI=1S/C23H25ClF3N5O/c1-13(2)19(20-29-17-5-3-4-6-18(17)30-20)31-22(33)14-7-9-32(10-8-14)21-16(24)11-15(12-28-21)23(25,26)27/h3-6,11-14,19H,7-10H2,1-2H3,(H,29,30)(H,31,33)/t19-/m1/s1. The first-order valence-electron chi connectivity index (χ1n) is 10.9. The van der Waals surface area contributed by atoms with E-state index in [1.807, 2.05) is 43.0 Å². The Morgan fingerprint density at radius 2 is 1.94 bits per heavy atom. The number of para-hydroxylation sites is 2. The monoisotopic (exact) mass is 479 g/mol. The number of anilines is 1. The lowest BCUT2D eigenvalue weighted by molar-refractivity contribution is -0.137. The second-order valence-corrected chi connectivity index (χ2v) is 9.07. The Morgan fingerprint density at radius 3 is 2.55 bits per heavy atom. The number of imidazole rings is 1. The van der Waals surface area contributed by atoms with E-state index in [1.54, 1.807) is 0 Å². The van der Waals surface area contributed by atoms with Gasteiger partial charge in [-0.2, -0.15) is 13.2 Å². The smallest absolute Gasteiger partial charge is 0.355 e. The van der Waals surface area contributed by atoms with Gasteiger partial charge in [-0.3, -0.25) is 4.79 Å². The third kappa shape index (κ3) is 5.08. The van der Waals surface area contributed by atoms with Gasteiger partial charge in [0, 0.05) is 25.2 Å². The average molecular weight is 480 g/mol. The number of H-pyrrole nitrogens is 1. The molecule has 0 bridgehead atoms. The van der Waals surface area contributed by atoms with Crippen molar-refractivity contribution in [1.29, 1.82) is 0 Å². The summed E-state index contributed by atoms with van der Waals surface area (Å²) in [6.07, 6.45) is -2.60. The Bertz CT molecular complexity index is 1110. The number of aromatic nitrogens is 3. The van der Waals surface area contributed by atoms with Crippen LogP contribution in [-0.4, -0.2) is 33.9 Å². The molecule has 4 rings (SSSR count). The molecule has 1 aliphatic rings. The number of nitrogens with one attached hydrogen (secondary N) is 2. The van der Waals surface area contributed by atoms with Crippen molar-refractivity contribution < 1.29 is 18.0 Å². The SMILES string of the molecule is CC(C)[C@@H](NC(=O)C1CCN(c2ncc(C(F)(F)F)cc2Cl)CC1)c1nc2ccccc2[nH]1. The summed E-state index contributed by atoms with van der Waals surface area (Å²) in [5.74, 6) is 0.897. The third-order valence-corrected chi connectivity index (χ3v) is 6.26. The van der Waals surface area contributed by atoms with Crippen LogP contribution >= 0.6 is 11.6 Å². The van der Waals surface area contributed by atoms with E-state index in [2.05, 4.69) is 20.3 Å². The van der Waals surface area contributed by atoms with Crippen molar-refractivity contribution in [3.63, 3.8) is 0 Å². The number of benzene rings is 1. The highest BCUT2D eigenvalue weighted by Crippen LogP contribution is 2.35. The molecule has 0 spiro atoms. The van der Waals surface area contributed by atoms with E-state index in [0.717, 1.165) is 29.1 Å². The van der Waals surface area contributed by atoms with Crippen LogP contribution in [0.3, 0.4) is 0 Å². The minimum Gasteiger partial charge on any atom is -0.355 e. The summed E-state index contributed by atoms with van der Waals surface area (Å²) in [7, 11) is 0. The van der Waals surface area contributed by atoms with Gasteiger partial charge >= 0.3 is 6.18 Å². The van der Waals surface area contributed by atoms with E-state index in [4.69, 9.17) is 11.6 Å². The predicted octanol–water partition coefficient (Wildman–Crippen LogP) is 5.36. The molecule has 0 saturated carbocycles. The molecule has 0 unspecified atom stereocenters. The van der Waals surface area contributed by atoms with Crippen molar-refractivity contribution in [1.82, 2.24) is 20.3 Å². The first-order chi connectivity index (χ1) is 15.6. The molecular weight excluding hydrogens is 455 g/mol. The molecule has 1 amide bonds. The van der Waals surface area contributed by atoms with E-state index in [0.29, 0.717) is 31.7 Å². The first-order valence-corrected chi connectivity index (χ1v) is 11.2. The number of halogens is 4. The van der Waals surface area contributed by atoms with E-state index >= 15 is 0 Å². The summed E-state index contributed by atoms with van der Waals surface area (Å²) < 4.78 is 38.6. The number of nitrogens with zero attached hydrogens (tertiary/aromatic N) is 3. The maximum Gasteiger partial charge on any atom is 0.417 e. The largest absolute Gasteiger partial charge is 0.417 e. The number of rotatable bonds is 5. The number of hydrogen-bond acceptors (Lipinski definition) is 4. The van der Waals surface area contributed by atoms with Gasteiger partial charge < -0.3 is 15.2 Å². The summed E-state index contributed by atoms with van der Waals surface area (Å²) in [4.78, 5) is 26.7. The molecule has 3 aromatic rings. The van der Waals surface area contributed by atoms with Gasteiger partial charge in [0.2, 0.25) is 5.91 Å². The van der Waals surface area contributed by atoms with Crippen molar-refractivity contribution in [3.8, 4) is 0 Å². The molecule has 1 aromatic carbocycles. The van der Waals surface area contributed by atoms with Gasteiger partial charge in [0.05, 0.1) is 27.7 Å². The minimum absolute atomic E-state index is 0.0440. The number of amides is 1. The fourth-order valence-electron chi connectivity index (χ4n) is 4.11. The lowest BCUT2D eigenvalue weighted by Crippen LogP contribution is -2.43. The number of piperidine rings is 1. The van der Waals surface area contributed by atoms with E-state index < -0.39 is 11.7 Å². The van der Waals surface area contributed by atoms with Crippen LogP contribution in [0.25, 0.3) is 11.0 Å². The van der Waals surface area contributed by atoms with Gasteiger partial charge in [-0.25, -0.2) is 9.97 Å². The zero-order chi connectivity index (χ0) is 23.8. The fraction of sp³-hybridized carbons (Fsp3) is 0.435. The topological polar surface area (TPSA) is 73.9 Å². The molecule has 1 fully saturated rings. The molecule has 1 atom stereocenters. The van der Waals surface area contributed by atoms with E-state index in [9.17, 15) is 18.0 Å². The number of alkyl halides is 3. The maximum absolute atomic E-state index is 13.0. The normalized spacial score (nSPS) is 16.4. The zero-order valence-electron chi connectivity index (χ0n) is 18.3. The van der Waals surface area contributed by atoms with Crippen LogP contribution in [0.5, 0.6) is 0 Å². The zero-order valence-corrected chi connectivity index (χ0v) is 19.0. The number of fused-ring (bicyclic) bond motifs is 1. The summed E-state index contributed by atoms with van der Waals surface area (Å²) in [5.41, 5.74) is 0.888. The molecule has 2 aromatic heterocycles. The average Bonchev–Trinajstić information content (AvgIpc) is 3.20. The molecule has 3 heterocycles. The molecule has 0 radical (unpaired) electrons. The quantitative estimate of drug-likeness (QED) is 0.516. The molecule has 1 saturated heterocycles. The molecular formula is C23H25ClF3N5O. The van der Waals surface area contributed by atoms with Crippen LogP contribution in [0, 0.1) is 11.8 Å². The maximum atomic E-state index is 13.0. The van der Waals surface area contributed by atoms with Crippen molar-refractivity contribution in [2.45, 2.75) is 38.9 Å². The summed E-state index contributed by atoms with van der Waals surface area (Å²) >= 11 is 6.08. The van der Waals surface area contributed by atoms with Gasteiger partial charge in [0.1, 0.15) is 11.6 Å². The van der Waals surface area contributed by atoms with Gasteiger partial charge in [0.15, 0.2) is 0 Å². The lowest BCUT2D eigenvalue weighted by Gasteiger charge is -2.33. The van der Waals surface area contributed by atoms with Crippen molar-refractivity contribution in [2.24, 2.45) is 11.8 Å². The van der Waals surface area contributed by atoms with Gasteiger partial charge in [-0.15, -0.1) is 0 Å². The highest BCUT2D eigenvalue weighted by Gasteiger charge is 2.33. The molecule has 33 heavy (non-hydrogen) atoms. The number of hydrogen-bond donors (Lipinski definition) is 2. The molecule has 10 heteroatoms. The molecule has 6 nitrogen and oxygen atoms in total. The molecule has 176 valence electrons. The Kier molecular flexibility index (Phi) is 6.52.